The summed E-state index contributed by atoms with van der Waals surface area (Å²) in [4.78, 5) is 5.20. The zero-order chi connectivity index (χ0) is 10.9. The summed E-state index contributed by atoms with van der Waals surface area (Å²) in [6, 6.07) is 0.833. The number of nitrogens with one attached hydrogen (secondary N) is 1. The Morgan fingerprint density at radius 2 is 1.80 bits per heavy atom. The van der Waals surface area contributed by atoms with E-state index in [0.29, 0.717) is 5.54 Å². The molecule has 0 amide bonds. The summed E-state index contributed by atoms with van der Waals surface area (Å²) in [5.41, 5.74) is 0.350. The van der Waals surface area contributed by atoms with E-state index in [-0.39, 0.29) is 0 Å². The van der Waals surface area contributed by atoms with Gasteiger partial charge in [-0.3, -0.25) is 9.80 Å². The molecule has 3 nitrogen and oxygen atoms in total. The van der Waals surface area contributed by atoms with E-state index in [1.54, 1.807) is 0 Å². The molecule has 2 aliphatic heterocycles. The molecule has 0 aromatic rings. The number of rotatable bonds is 1. The van der Waals surface area contributed by atoms with Crippen molar-refractivity contribution in [2.75, 3.05) is 39.8 Å². The van der Waals surface area contributed by atoms with Gasteiger partial charge in [0.1, 0.15) is 0 Å². The van der Waals surface area contributed by atoms with Crippen LogP contribution in [-0.2, 0) is 0 Å². The molecule has 0 atom stereocenters. The molecular formula is C12H25N3. The minimum atomic E-state index is 0.350. The van der Waals surface area contributed by atoms with Crippen LogP contribution in [0, 0.1) is 0 Å². The fourth-order valence-electron chi connectivity index (χ4n) is 2.76. The molecule has 0 spiro atoms. The zero-order valence-electron chi connectivity index (χ0n) is 10.4. The van der Waals surface area contributed by atoms with Crippen LogP contribution in [0.5, 0.6) is 0 Å². The first-order valence-corrected chi connectivity index (χ1v) is 6.25. The molecule has 88 valence electrons. The number of hydrogen-bond donors (Lipinski definition) is 1. The Morgan fingerprint density at radius 1 is 1.13 bits per heavy atom. The Hall–Kier alpha value is -0.120. The Bertz CT molecular complexity index is 209. The summed E-state index contributed by atoms with van der Waals surface area (Å²) < 4.78 is 0. The number of likely N-dealkylation sites (N-methyl/N-ethyl adjacent to an activating group) is 1. The second kappa shape index (κ2) is 4.40. The highest BCUT2D eigenvalue weighted by molar-refractivity contribution is 4.91. The second-order valence-electron chi connectivity index (χ2n) is 5.69. The third-order valence-electron chi connectivity index (χ3n) is 4.17. The van der Waals surface area contributed by atoms with Gasteiger partial charge in [-0.25, -0.2) is 0 Å². The molecule has 0 aromatic carbocycles. The monoisotopic (exact) mass is 211 g/mol. The molecule has 0 bridgehead atoms. The minimum absolute atomic E-state index is 0.350. The number of hydrogen-bond acceptors (Lipinski definition) is 3. The maximum absolute atomic E-state index is 3.45. The van der Waals surface area contributed by atoms with Crippen LogP contribution < -0.4 is 5.32 Å². The molecule has 2 heterocycles. The third kappa shape index (κ3) is 2.52. The molecule has 0 unspecified atom stereocenters. The van der Waals surface area contributed by atoms with Gasteiger partial charge in [0.25, 0.3) is 0 Å². The van der Waals surface area contributed by atoms with Gasteiger partial charge in [-0.15, -0.1) is 0 Å². The van der Waals surface area contributed by atoms with Crippen LogP contribution in [0.2, 0.25) is 0 Å². The van der Waals surface area contributed by atoms with Crippen molar-refractivity contribution in [2.45, 2.75) is 38.3 Å². The molecule has 2 aliphatic rings. The van der Waals surface area contributed by atoms with Gasteiger partial charge in [0.15, 0.2) is 0 Å². The minimum Gasteiger partial charge on any atom is -0.317 e. The SMILES string of the molecule is CN1CCN(C2CCNCC2)CC1(C)C. The molecule has 1 N–H and O–H groups in total. The van der Waals surface area contributed by atoms with Gasteiger partial charge in [-0.1, -0.05) is 0 Å². The molecule has 0 saturated carbocycles. The maximum Gasteiger partial charge on any atom is 0.0277 e. The molecule has 2 rings (SSSR count). The van der Waals surface area contributed by atoms with Crippen molar-refractivity contribution >= 4 is 0 Å². The summed E-state index contributed by atoms with van der Waals surface area (Å²) in [5, 5.41) is 3.45. The lowest BCUT2D eigenvalue weighted by Gasteiger charge is -2.48. The van der Waals surface area contributed by atoms with E-state index >= 15 is 0 Å². The molecule has 15 heavy (non-hydrogen) atoms. The van der Waals surface area contributed by atoms with Crippen LogP contribution in [0.25, 0.3) is 0 Å². The van der Waals surface area contributed by atoms with Crippen molar-refractivity contribution in [3.8, 4) is 0 Å². The highest BCUT2D eigenvalue weighted by Crippen LogP contribution is 2.23. The summed E-state index contributed by atoms with van der Waals surface area (Å²) in [7, 11) is 2.25. The quantitative estimate of drug-likeness (QED) is 0.691. The van der Waals surface area contributed by atoms with Crippen molar-refractivity contribution < 1.29 is 0 Å². The normalized spacial score (nSPS) is 30.6. The number of piperidine rings is 1. The predicted molar refractivity (Wildman–Crippen MR) is 64.2 cm³/mol. The largest absolute Gasteiger partial charge is 0.317 e. The van der Waals surface area contributed by atoms with Gasteiger partial charge in [0.2, 0.25) is 0 Å². The first kappa shape index (κ1) is 11.4. The summed E-state index contributed by atoms with van der Waals surface area (Å²) in [6.07, 6.45) is 2.67. The Morgan fingerprint density at radius 3 is 2.40 bits per heavy atom. The lowest BCUT2D eigenvalue weighted by atomic mass is 9.95. The second-order valence-corrected chi connectivity index (χ2v) is 5.69. The van der Waals surface area contributed by atoms with Crippen LogP contribution in [-0.4, -0.2) is 61.2 Å². The highest BCUT2D eigenvalue weighted by Gasteiger charge is 2.34. The van der Waals surface area contributed by atoms with Crippen LogP contribution in [0.15, 0.2) is 0 Å². The van der Waals surface area contributed by atoms with Crippen LogP contribution in [0.4, 0.5) is 0 Å². The fraction of sp³-hybridized carbons (Fsp3) is 1.00. The van der Waals surface area contributed by atoms with Gasteiger partial charge in [0, 0.05) is 31.2 Å². The van der Waals surface area contributed by atoms with Gasteiger partial charge >= 0.3 is 0 Å². The molecule has 2 fully saturated rings. The summed E-state index contributed by atoms with van der Waals surface area (Å²) >= 11 is 0. The average molecular weight is 211 g/mol. The molecule has 0 radical (unpaired) electrons. The lowest BCUT2D eigenvalue weighted by Crippen LogP contribution is -2.60. The molecule has 3 heteroatoms. The maximum atomic E-state index is 3.45. The zero-order valence-corrected chi connectivity index (χ0v) is 10.4. The third-order valence-corrected chi connectivity index (χ3v) is 4.17. The van der Waals surface area contributed by atoms with E-state index in [0.717, 1.165) is 6.04 Å². The number of nitrogens with zero attached hydrogens (tertiary/aromatic N) is 2. The lowest BCUT2D eigenvalue weighted by molar-refractivity contribution is 0.00962. The Balaban J connectivity index is 1.93. The van der Waals surface area contributed by atoms with Crippen molar-refractivity contribution in [1.82, 2.24) is 15.1 Å². The molecule has 0 aliphatic carbocycles. The summed E-state index contributed by atoms with van der Waals surface area (Å²) in [5.74, 6) is 0. The van der Waals surface area contributed by atoms with E-state index in [1.165, 1.54) is 45.6 Å². The van der Waals surface area contributed by atoms with Gasteiger partial charge in [-0.05, 0) is 46.8 Å². The fourth-order valence-corrected chi connectivity index (χ4v) is 2.76. The topological polar surface area (TPSA) is 18.5 Å². The molecule has 2 saturated heterocycles. The van der Waals surface area contributed by atoms with E-state index in [4.69, 9.17) is 0 Å². The van der Waals surface area contributed by atoms with Crippen molar-refractivity contribution in [2.24, 2.45) is 0 Å². The van der Waals surface area contributed by atoms with E-state index < -0.39 is 0 Å². The van der Waals surface area contributed by atoms with Gasteiger partial charge in [0.05, 0.1) is 0 Å². The van der Waals surface area contributed by atoms with Gasteiger partial charge in [-0.2, -0.15) is 0 Å². The summed E-state index contributed by atoms with van der Waals surface area (Å²) in [6.45, 7) is 10.8. The smallest absolute Gasteiger partial charge is 0.0277 e. The van der Waals surface area contributed by atoms with Crippen LogP contribution in [0.1, 0.15) is 26.7 Å². The Kier molecular flexibility index (Phi) is 3.33. The van der Waals surface area contributed by atoms with Crippen molar-refractivity contribution in [3.63, 3.8) is 0 Å². The van der Waals surface area contributed by atoms with E-state index in [9.17, 15) is 0 Å². The highest BCUT2D eigenvalue weighted by atomic mass is 15.3. The Labute approximate surface area is 93.8 Å². The number of piperazine rings is 1. The van der Waals surface area contributed by atoms with Gasteiger partial charge < -0.3 is 5.32 Å². The first-order valence-electron chi connectivity index (χ1n) is 6.25. The van der Waals surface area contributed by atoms with Crippen LogP contribution in [0.3, 0.4) is 0 Å². The molecule has 0 aromatic heterocycles. The van der Waals surface area contributed by atoms with Crippen molar-refractivity contribution in [3.05, 3.63) is 0 Å². The average Bonchev–Trinajstić information content (AvgIpc) is 2.23. The van der Waals surface area contributed by atoms with E-state index in [1.807, 2.05) is 0 Å². The standard InChI is InChI=1S/C12H25N3/c1-12(2)10-15(9-8-14(12)3)11-4-6-13-7-5-11/h11,13H,4-10H2,1-3H3. The predicted octanol–water partition coefficient (Wildman–Crippen LogP) is 0.764. The molecular weight excluding hydrogens is 186 g/mol. The van der Waals surface area contributed by atoms with Crippen molar-refractivity contribution in [1.29, 1.82) is 0 Å². The van der Waals surface area contributed by atoms with E-state index in [2.05, 4.69) is 36.0 Å². The first-order chi connectivity index (χ1) is 7.09. The van der Waals surface area contributed by atoms with Crippen LogP contribution >= 0.6 is 0 Å².